The van der Waals surface area contributed by atoms with Gasteiger partial charge in [0.2, 0.25) is 0 Å². The molecule has 0 aromatic heterocycles. The highest BCUT2D eigenvalue weighted by Crippen LogP contribution is 2.79. The lowest BCUT2D eigenvalue weighted by molar-refractivity contribution is -0.144. The summed E-state index contributed by atoms with van der Waals surface area (Å²) in [6.07, 6.45) is -6.39. The number of methoxy groups -OCH3 is 1. The van der Waals surface area contributed by atoms with Gasteiger partial charge in [-0.1, -0.05) is 26.0 Å². The van der Waals surface area contributed by atoms with Crippen molar-refractivity contribution in [1.29, 1.82) is 0 Å². The first-order valence-corrected chi connectivity index (χ1v) is 18.3. The topological polar surface area (TPSA) is 82.2 Å². The number of likely N-dealkylation sites (N-methyl/N-ethyl adjacent to an activating group) is 1. The van der Waals surface area contributed by atoms with Crippen molar-refractivity contribution in [3.05, 3.63) is 65.0 Å². The smallest absolute Gasteiger partial charge is 0.416 e. The van der Waals surface area contributed by atoms with E-state index in [0.29, 0.717) is 43.5 Å². The van der Waals surface area contributed by atoms with E-state index in [4.69, 9.17) is 4.74 Å². The molecule has 0 spiro atoms. The van der Waals surface area contributed by atoms with Crippen molar-refractivity contribution in [2.75, 3.05) is 39.2 Å². The summed E-state index contributed by atoms with van der Waals surface area (Å²) in [5.41, 5.74) is -4.81. The predicted octanol–water partition coefficient (Wildman–Crippen LogP) is 8.50. The van der Waals surface area contributed by atoms with E-state index in [-0.39, 0.29) is 41.7 Å². The Bertz CT molecular complexity index is 1740. The van der Waals surface area contributed by atoms with Crippen LogP contribution in [-0.4, -0.2) is 79.6 Å². The molecule has 15 heteroatoms. The molecule has 1 aliphatic heterocycles. The molecule has 3 amide bonds. The van der Waals surface area contributed by atoms with Crippen LogP contribution in [0, 0.1) is 28.5 Å². The van der Waals surface area contributed by atoms with Gasteiger partial charge in [-0.2, -0.15) is 26.3 Å². The summed E-state index contributed by atoms with van der Waals surface area (Å²) in [5, 5.41) is 2.88. The van der Waals surface area contributed by atoms with Crippen molar-refractivity contribution in [2.45, 2.75) is 95.2 Å². The number of likely N-dealkylation sites (tertiary alicyclic amines) is 1. The number of Topliss-reactive ketones (excluding diaryl/α,β-unsaturated/α-hetero) is 1. The third-order valence-corrected chi connectivity index (χ3v) is 13.4. The Morgan fingerprint density at radius 1 is 0.870 bits per heavy atom. The van der Waals surface area contributed by atoms with Gasteiger partial charge in [-0.3, -0.25) is 14.6 Å². The Kier molecular flexibility index (Phi) is 10.1. The van der Waals surface area contributed by atoms with E-state index >= 15 is 4.79 Å². The third-order valence-electron chi connectivity index (χ3n) is 13.4. The van der Waals surface area contributed by atoms with Gasteiger partial charge in [0.15, 0.2) is 5.78 Å². The van der Waals surface area contributed by atoms with Crippen LogP contribution in [0.2, 0.25) is 0 Å². The maximum atomic E-state index is 15.2. The van der Waals surface area contributed by atoms with Gasteiger partial charge in [0.05, 0.1) is 29.8 Å². The predicted molar refractivity (Wildman–Crippen MR) is 186 cm³/mol. The minimum absolute atomic E-state index is 0.0101. The number of alkyl carbamates (subject to hydrolysis) is 1. The number of alkyl halides is 6. The van der Waals surface area contributed by atoms with Crippen molar-refractivity contribution in [2.24, 2.45) is 22.7 Å². The summed E-state index contributed by atoms with van der Waals surface area (Å²) in [4.78, 5) is 45.2. The molecule has 4 aliphatic rings. The molecule has 0 radical (unpaired) electrons. The fourth-order valence-electron chi connectivity index (χ4n) is 10.4. The number of ether oxygens (including phenoxy) is 1. The molecule has 296 valence electrons. The minimum Gasteiger partial charge on any atom is -0.453 e. The Labute approximate surface area is 310 Å². The fraction of sp³-hybridized carbons (Fsp3) is 0.615. The molecule has 3 saturated carbocycles. The van der Waals surface area contributed by atoms with Crippen molar-refractivity contribution >= 4 is 23.6 Å². The highest BCUT2D eigenvalue weighted by atomic mass is 19.4. The van der Waals surface area contributed by atoms with E-state index in [9.17, 15) is 40.3 Å². The van der Waals surface area contributed by atoms with E-state index in [2.05, 4.69) is 24.1 Å². The first kappa shape index (κ1) is 39.8. The number of fused-ring (bicyclic) bond motifs is 1. The zero-order valence-electron chi connectivity index (χ0n) is 31.2. The summed E-state index contributed by atoms with van der Waals surface area (Å²) in [6.45, 7) is 6.72. The van der Waals surface area contributed by atoms with Gasteiger partial charge < -0.3 is 15.0 Å². The second-order valence-corrected chi connectivity index (χ2v) is 16.3. The number of amides is 3. The van der Waals surface area contributed by atoms with Gasteiger partial charge in [0.25, 0.3) is 0 Å². The number of halogens is 7. The molecule has 3 unspecified atom stereocenters. The Balaban J connectivity index is 1.29. The molecule has 2 aromatic carbocycles. The van der Waals surface area contributed by atoms with E-state index < -0.39 is 70.0 Å². The molecule has 4 fully saturated rings. The minimum atomic E-state index is -5.10. The Morgan fingerprint density at radius 2 is 1.44 bits per heavy atom. The van der Waals surface area contributed by atoms with Crippen molar-refractivity contribution in [3.8, 4) is 0 Å². The molecule has 54 heavy (non-hydrogen) atoms. The first-order chi connectivity index (χ1) is 25.1. The summed E-state index contributed by atoms with van der Waals surface area (Å²) < 4.78 is 101. The number of urea groups is 1. The van der Waals surface area contributed by atoms with Crippen molar-refractivity contribution in [1.82, 2.24) is 15.1 Å². The SMILES string of the molecule is COC(=O)NC1CCC(C23C(=O)C(C)(N4C[C@@H](N(C)C(=O)N(C)c5cc(C(F)(F)F)cc(C(F)(F)F)c5)[C@H](c5ccc(F)cc5)C4)CCC2C3(C)C)CC1. The van der Waals surface area contributed by atoms with E-state index in [1.54, 1.807) is 12.1 Å². The van der Waals surface area contributed by atoms with Gasteiger partial charge >= 0.3 is 24.5 Å². The molecule has 0 bridgehead atoms. The number of nitrogens with one attached hydrogen (secondary N) is 1. The largest absolute Gasteiger partial charge is 0.453 e. The Morgan fingerprint density at radius 3 is 1.98 bits per heavy atom. The molecule has 6 rings (SSSR count). The van der Waals surface area contributed by atoms with Gasteiger partial charge in [-0.15, -0.1) is 0 Å². The maximum absolute atomic E-state index is 15.2. The van der Waals surface area contributed by atoms with Crippen LogP contribution in [0.3, 0.4) is 0 Å². The van der Waals surface area contributed by atoms with E-state index in [1.165, 1.54) is 31.2 Å². The number of anilines is 1. The fourth-order valence-corrected chi connectivity index (χ4v) is 10.4. The van der Waals surface area contributed by atoms with Gasteiger partial charge in [-0.05, 0) is 98.6 Å². The summed E-state index contributed by atoms with van der Waals surface area (Å²) >= 11 is 0. The average Bonchev–Trinajstić information content (AvgIpc) is 3.37. The molecule has 3 aliphatic carbocycles. The van der Waals surface area contributed by atoms with Crippen molar-refractivity contribution in [3.63, 3.8) is 0 Å². The highest BCUT2D eigenvalue weighted by Gasteiger charge is 2.81. The summed E-state index contributed by atoms with van der Waals surface area (Å²) in [7, 11) is 3.88. The van der Waals surface area contributed by atoms with Crippen LogP contribution in [0.4, 0.5) is 46.0 Å². The molecule has 1 heterocycles. The molecular formula is C39H47F7N4O4. The van der Waals surface area contributed by atoms with Crippen LogP contribution in [0.5, 0.6) is 0 Å². The zero-order chi connectivity index (χ0) is 39.8. The van der Waals surface area contributed by atoms with Crippen LogP contribution in [0.25, 0.3) is 0 Å². The monoisotopic (exact) mass is 768 g/mol. The molecule has 1 saturated heterocycles. The second-order valence-electron chi connectivity index (χ2n) is 16.3. The van der Waals surface area contributed by atoms with Crippen LogP contribution in [0.1, 0.15) is 81.9 Å². The number of nitrogens with zero attached hydrogens (tertiary/aromatic N) is 3. The molecule has 2 aromatic rings. The van der Waals surface area contributed by atoms with Crippen LogP contribution in [-0.2, 0) is 21.9 Å². The normalized spacial score (nSPS) is 31.1. The van der Waals surface area contributed by atoms with Crippen LogP contribution in [0.15, 0.2) is 42.5 Å². The van der Waals surface area contributed by atoms with Gasteiger partial charge in [-0.25, -0.2) is 14.0 Å². The number of benzene rings is 2. The zero-order valence-corrected chi connectivity index (χ0v) is 31.2. The molecule has 8 nitrogen and oxygen atoms in total. The second kappa shape index (κ2) is 13.7. The number of hydrogen-bond acceptors (Lipinski definition) is 5. The number of ketones is 1. The number of hydrogen-bond donors (Lipinski definition) is 1. The highest BCUT2D eigenvalue weighted by molar-refractivity contribution is 5.99. The maximum Gasteiger partial charge on any atom is 0.416 e. The lowest BCUT2D eigenvalue weighted by Crippen LogP contribution is -2.59. The first-order valence-electron chi connectivity index (χ1n) is 18.3. The van der Waals surface area contributed by atoms with Gasteiger partial charge in [0.1, 0.15) is 5.82 Å². The summed E-state index contributed by atoms with van der Waals surface area (Å²) in [5.74, 6) is -0.536. The van der Waals surface area contributed by atoms with Gasteiger partial charge in [0, 0.05) is 50.2 Å². The molecular weight excluding hydrogens is 721 g/mol. The van der Waals surface area contributed by atoms with E-state index in [1.807, 2.05) is 6.92 Å². The van der Waals surface area contributed by atoms with Crippen LogP contribution >= 0.6 is 0 Å². The van der Waals surface area contributed by atoms with Crippen molar-refractivity contribution < 1.29 is 49.9 Å². The quantitative estimate of drug-likeness (QED) is 0.298. The molecule has 5 atom stereocenters. The number of rotatable bonds is 6. The van der Waals surface area contributed by atoms with Crippen LogP contribution < -0.4 is 10.2 Å². The lowest BCUT2D eigenvalue weighted by atomic mass is 9.63. The van der Waals surface area contributed by atoms with E-state index in [0.717, 1.165) is 31.2 Å². The summed E-state index contributed by atoms with van der Waals surface area (Å²) in [6, 6.07) is 5.21. The lowest BCUT2D eigenvalue weighted by Gasteiger charge is -2.47. The Hall–Kier alpha value is -3.88. The third kappa shape index (κ3) is 6.61. The average molecular weight is 769 g/mol. The number of carbonyl (C=O) groups is 3. The standard InChI is InChI=1S/C39H47F7N4O4/c1-35(2)31-15-16-36(3,32(51)37(31,35)23-9-13-27(14-10-23)47-33(52)54-6)50-20-29(22-7-11-26(40)12-8-22)30(21-50)49(5)34(53)48(4)28-18-24(38(41,42)43)17-25(19-28)39(44,45)46/h7-8,11-12,17-19,23,27,29-31H,9-10,13-16,20-21H2,1-6H3,(H,47,52)/t23?,27?,29-,30+,31?,36?,37?/m0/s1. The molecule has 1 N–H and O–H groups in total. The number of carbonyl (C=O) groups excluding carboxylic acids is 3.